The lowest BCUT2D eigenvalue weighted by Crippen LogP contribution is -2.46. The summed E-state index contributed by atoms with van der Waals surface area (Å²) in [6.45, 7) is 7.17. The molecule has 0 aromatic carbocycles. The van der Waals surface area contributed by atoms with Crippen LogP contribution in [0.1, 0.15) is 52.4 Å². The minimum absolute atomic E-state index is 0.123. The Balaban J connectivity index is 1.73. The zero-order valence-electron chi connectivity index (χ0n) is 18.8. The molecule has 0 bridgehead atoms. The maximum atomic E-state index is 12.3. The maximum Gasteiger partial charge on any atom is 0.323 e. The molecule has 31 heavy (non-hydrogen) atoms. The number of nitrogen functional groups attached to an aromatic ring is 1. The lowest BCUT2D eigenvalue weighted by atomic mass is 10.0. The Bertz CT molecular complexity index is 871. The molecule has 172 valence electrons. The molecule has 3 heterocycles. The predicted octanol–water partition coefficient (Wildman–Crippen LogP) is 2.40. The number of likely N-dealkylation sites (tertiary alicyclic amines) is 1. The second-order valence-corrected chi connectivity index (χ2v) is 7.67. The summed E-state index contributed by atoms with van der Waals surface area (Å²) in [5.74, 6) is 0.147. The van der Waals surface area contributed by atoms with Gasteiger partial charge in [0.25, 0.3) is 6.01 Å². The molecule has 0 radical (unpaired) electrons. The molecule has 1 unspecified atom stereocenters. The first-order valence-corrected chi connectivity index (χ1v) is 11.2. The summed E-state index contributed by atoms with van der Waals surface area (Å²) in [5, 5.41) is 0. The van der Waals surface area contributed by atoms with E-state index in [1.54, 1.807) is 7.11 Å². The van der Waals surface area contributed by atoms with Crippen LogP contribution in [-0.2, 0) is 16.1 Å². The molecule has 0 saturated carbocycles. The van der Waals surface area contributed by atoms with Crippen LogP contribution in [0.3, 0.4) is 0 Å². The van der Waals surface area contributed by atoms with Crippen molar-refractivity contribution >= 4 is 23.0 Å². The van der Waals surface area contributed by atoms with Gasteiger partial charge in [0.05, 0.1) is 20.3 Å². The van der Waals surface area contributed by atoms with E-state index in [-0.39, 0.29) is 23.8 Å². The predicted molar refractivity (Wildman–Crippen MR) is 117 cm³/mol. The van der Waals surface area contributed by atoms with E-state index in [4.69, 9.17) is 19.9 Å². The number of nitrogens with two attached hydrogens (primary N) is 1. The van der Waals surface area contributed by atoms with E-state index in [0.717, 1.165) is 51.6 Å². The van der Waals surface area contributed by atoms with Crippen molar-refractivity contribution in [1.82, 2.24) is 24.4 Å². The summed E-state index contributed by atoms with van der Waals surface area (Å²) in [6.07, 6.45) is 5.73. The van der Waals surface area contributed by atoms with Crippen molar-refractivity contribution in [3.63, 3.8) is 0 Å². The topological polar surface area (TPSA) is 118 Å². The number of unbranched alkanes of at least 4 members (excludes halogenated alkanes) is 1. The summed E-state index contributed by atoms with van der Waals surface area (Å²) in [6, 6.07) is 0.523. The van der Waals surface area contributed by atoms with Gasteiger partial charge in [-0.3, -0.25) is 14.3 Å². The van der Waals surface area contributed by atoms with Gasteiger partial charge in [-0.2, -0.15) is 15.0 Å². The van der Waals surface area contributed by atoms with Gasteiger partial charge < -0.3 is 19.9 Å². The maximum absolute atomic E-state index is 12.3. The third-order valence-corrected chi connectivity index (χ3v) is 5.48. The number of imidazole rings is 1. The van der Waals surface area contributed by atoms with Gasteiger partial charge >= 0.3 is 12.0 Å². The fourth-order valence-electron chi connectivity index (χ4n) is 3.91. The summed E-state index contributed by atoms with van der Waals surface area (Å²) in [4.78, 5) is 27.7. The van der Waals surface area contributed by atoms with Crippen molar-refractivity contribution in [1.29, 1.82) is 0 Å². The first-order chi connectivity index (χ1) is 15.1. The number of hydrogen-bond donors (Lipinski definition) is 1. The lowest BCUT2D eigenvalue weighted by Gasteiger charge is -2.33. The molecule has 0 aliphatic carbocycles. The molecular weight excluding hydrogens is 400 g/mol. The molecule has 1 aliphatic rings. The highest BCUT2D eigenvalue weighted by atomic mass is 16.5. The molecule has 1 aliphatic heterocycles. The quantitative estimate of drug-likeness (QED) is 0.420. The molecule has 0 spiro atoms. The van der Waals surface area contributed by atoms with Gasteiger partial charge in [0.2, 0.25) is 0 Å². The molecular formula is C21H34N6O4. The van der Waals surface area contributed by atoms with E-state index in [0.29, 0.717) is 36.9 Å². The second-order valence-electron chi connectivity index (χ2n) is 7.67. The van der Waals surface area contributed by atoms with E-state index in [2.05, 4.69) is 26.8 Å². The van der Waals surface area contributed by atoms with E-state index in [9.17, 15) is 4.79 Å². The largest absolute Gasteiger partial charge is 0.468 e. The number of methoxy groups -OCH3 is 1. The average molecular weight is 435 g/mol. The summed E-state index contributed by atoms with van der Waals surface area (Å²) in [7, 11) is 1.57. The SMILES string of the molecule is CCCCOc1nc(N)c2nc(OC)n(CCCN3CCCCC3C(=O)OCC)c2n1. The molecule has 0 amide bonds. The second kappa shape index (κ2) is 11.1. The highest BCUT2D eigenvalue weighted by Gasteiger charge is 2.29. The number of anilines is 1. The standard InChI is InChI=1S/C21H34N6O4/c1-4-6-14-31-20-24-17(22)16-18(25-20)27(21(23-16)29-3)13-9-12-26-11-8-7-10-15(26)19(28)30-5-2/h15H,4-14H2,1-3H3,(H2,22,24,25). The van der Waals surface area contributed by atoms with Crippen LogP contribution in [-0.4, -0.2) is 69.8 Å². The number of nitrogens with zero attached hydrogens (tertiary/aromatic N) is 5. The highest BCUT2D eigenvalue weighted by Crippen LogP contribution is 2.26. The number of esters is 1. The minimum Gasteiger partial charge on any atom is -0.468 e. The van der Waals surface area contributed by atoms with Gasteiger partial charge in [-0.1, -0.05) is 19.8 Å². The molecule has 2 aromatic heterocycles. The molecule has 1 fully saturated rings. The zero-order valence-corrected chi connectivity index (χ0v) is 18.8. The van der Waals surface area contributed by atoms with Crippen LogP contribution in [0.15, 0.2) is 0 Å². The molecule has 10 heteroatoms. The number of piperidine rings is 1. The van der Waals surface area contributed by atoms with Crippen molar-refractivity contribution in [3.05, 3.63) is 0 Å². The van der Waals surface area contributed by atoms with Crippen LogP contribution in [0.4, 0.5) is 5.82 Å². The number of aryl methyl sites for hydroxylation is 1. The number of rotatable bonds is 11. The number of carbonyl (C=O) groups excluding carboxylic acids is 1. The lowest BCUT2D eigenvalue weighted by molar-refractivity contribution is -0.150. The first kappa shape index (κ1) is 23.1. The van der Waals surface area contributed by atoms with Crippen molar-refractivity contribution in [2.24, 2.45) is 0 Å². The molecule has 2 aromatic rings. The van der Waals surface area contributed by atoms with Crippen LogP contribution in [0.25, 0.3) is 11.2 Å². The smallest absolute Gasteiger partial charge is 0.323 e. The van der Waals surface area contributed by atoms with E-state index < -0.39 is 0 Å². The number of ether oxygens (including phenoxy) is 3. The Morgan fingerprint density at radius 3 is 2.74 bits per heavy atom. The van der Waals surface area contributed by atoms with Crippen LogP contribution >= 0.6 is 0 Å². The van der Waals surface area contributed by atoms with Crippen molar-refractivity contribution in [2.45, 2.75) is 65.0 Å². The van der Waals surface area contributed by atoms with E-state index in [1.807, 2.05) is 11.5 Å². The number of carbonyl (C=O) groups is 1. The van der Waals surface area contributed by atoms with Gasteiger partial charge in [-0.05, 0) is 39.2 Å². The zero-order chi connectivity index (χ0) is 22.2. The van der Waals surface area contributed by atoms with Gasteiger partial charge in [0.15, 0.2) is 17.0 Å². The minimum atomic E-state index is -0.160. The fraction of sp³-hybridized carbons (Fsp3) is 0.714. The summed E-state index contributed by atoms with van der Waals surface area (Å²) >= 11 is 0. The van der Waals surface area contributed by atoms with E-state index in [1.165, 1.54) is 0 Å². The fourth-order valence-corrected chi connectivity index (χ4v) is 3.91. The van der Waals surface area contributed by atoms with Crippen LogP contribution in [0.2, 0.25) is 0 Å². The highest BCUT2D eigenvalue weighted by molar-refractivity contribution is 5.83. The Morgan fingerprint density at radius 2 is 2.00 bits per heavy atom. The molecule has 1 saturated heterocycles. The first-order valence-electron chi connectivity index (χ1n) is 11.2. The number of hydrogen-bond acceptors (Lipinski definition) is 9. The van der Waals surface area contributed by atoms with Crippen LogP contribution < -0.4 is 15.2 Å². The summed E-state index contributed by atoms with van der Waals surface area (Å²) < 4.78 is 18.3. The Kier molecular flexibility index (Phi) is 8.27. The molecule has 1 atom stereocenters. The van der Waals surface area contributed by atoms with E-state index >= 15 is 0 Å². The average Bonchev–Trinajstić information content (AvgIpc) is 3.13. The van der Waals surface area contributed by atoms with Gasteiger partial charge in [-0.15, -0.1) is 0 Å². The van der Waals surface area contributed by atoms with Gasteiger partial charge in [0, 0.05) is 13.1 Å². The number of fused-ring (bicyclic) bond motifs is 1. The van der Waals surface area contributed by atoms with Crippen LogP contribution in [0, 0.1) is 0 Å². The Labute approximate surface area is 183 Å². The number of aromatic nitrogens is 4. The summed E-state index contributed by atoms with van der Waals surface area (Å²) in [5.41, 5.74) is 7.20. The Morgan fingerprint density at radius 1 is 1.16 bits per heavy atom. The monoisotopic (exact) mass is 434 g/mol. The van der Waals surface area contributed by atoms with Crippen molar-refractivity contribution in [2.75, 3.05) is 39.1 Å². The molecule has 2 N–H and O–H groups in total. The van der Waals surface area contributed by atoms with Crippen LogP contribution in [0.5, 0.6) is 12.0 Å². The van der Waals surface area contributed by atoms with Crippen molar-refractivity contribution < 1.29 is 19.0 Å². The van der Waals surface area contributed by atoms with Gasteiger partial charge in [0.1, 0.15) is 6.04 Å². The normalized spacial score (nSPS) is 17.1. The Hall–Kier alpha value is -2.62. The van der Waals surface area contributed by atoms with Crippen molar-refractivity contribution in [3.8, 4) is 12.0 Å². The van der Waals surface area contributed by atoms with Gasteiger partial charge in [-0.25, -0.2) is 0 Å². The third kappa shape index (κ3) is 5.55. The molecule has 10 nitrogen and oxygen atoms in total. The molecule has 3 rings (SSSR count). The third-order valence-electron chi connectivity index (χ3n) is 5.48.